The number of carbonyl (C=O) groups excluding carboxylic acids is 2. The van der Waals surface area contributed by atoms with E-state index in [1.807, 2.05) is 0 Å². The molecule has 1 N–H and O–H groups in total. The lowest BCUT2D eigenvalue weighted by Gasteiger charge is -2.25. The van der Waals surface area contributed by atoms with Gasteiger partial charge in [0.25, 0.3) is 15.9 Å². The summed E-state index contributed by atoms with van der Waals surface area (Å²) in [4.78, 5) is 22.9. The van der Waals surface area contributed by atoms with Crippen LogP contribution in [0.2, 0.25) is 0 Å². The van der Waals surface area contributed by atoms with Crippen molar-refractivity contribution >= 4 is 27.6 Å². The van der Waals surface area contributed by atoms with E-state index in [4.69, 9.17) is 0 Å². The number of sulfonamides is 1. The highest BCUT2D eigenvalue weighted by atomic mass is 32.2. The van der Waals surface area contributed by atoms with Gasteiger partial charge in [-0.3, -0.25) is 9.10 Å². The van der Waals surface area contributed by atoms with Crippen LogP contribution >= 0.6 is 0 Å². The molecule has 0 radical (unpaired) electrons. The topological polar surface area (TPSA) is 107 Å². The van der Waals surface area contributed by atoms with Crippen molar-refractivity contribution in [2.45, 2.75) is 4.90 Å². The average Bonchev–Trinajstić information content (AvgIpc) is 2.64. The van der Waals surface area contributed by atoms with E-state index in [1.54, 1.807) is 30.3 Å². The van der Waals surface area contributed by atoms with Crippen LogP contribution in [-0.4, -0.2) is 33.4 Å². The standard InChI is InChI=1S/C18H18N2O5S/c1-2-12-20(26(24,25)14-8-4-3-5-9-14)16-11-7-6-10-15(16)18(23)19-13-17(21)22/h2-11H,1,12-13H2,(H,19,23)(H,21,22)/p-1. The van der Waals surface area contributed by atoms with Crippen molar-refractivity contribution < 1.29 is 23.1 Å². The molecule has 0 unspecified atom stereocenters. The smallest absolute Gasteiger partial charge is 0.264 e. The van der Waals surface area contributed by atoms with Crippen LogP contribution in [0.3, 0.4) is 0 Å². The summed E-state index contributed by atoms with van der Waals surface area (Å²) in [6, 6.07) is 13.8. The van der Waals surface area contributed by atoms with Gasteiger partial charge in [-0.05, 0) is 24.3 Å². The van der Waals surface area contributed by atoms with E-state index >= 15 is 0 Å². The van der Waals surface area contributed by atoms with Crippen LogP contribution in [0.4, 0.5) is 5.69 Å². The summed E-state index contributed by atoms with van der Waals surface area (Å²) >= 11 is 0. The molecule has 0 aromatic heterocycles. The predicted molar refractivity (Wildman–Crippen MR) is 95.0 cm³/mol. The van der Waals surface area contributed by atoms with Gasteiger partial charge in [0, 0.05) is 0 Å². The Kier molecular flexibility index (Phi) is 6.13. The highest BCUT2D eigenvalue weighted by molar-refractivity contribution is 7.92. The molecule has 0 aliphatic rings. The lowest BCUT2D eigenvalue weighted by Crippen LogP contribution is -2.39. The number of anilines is 1. The molecule has 26 heavy (non-hydrogen) atoms. The average molecular weight is 373 g/mol. The number of benzene rings is 2. The Morgan fingerprint density at radius 1 is 1.08 bits per heavy atom. The molecule has 8 heteroatoms. The zero-order valence-corrected chi connectivity index (χ0v) is 14.6. The molecule has 0 fully saturated rings. The van der Waals surface area contributed by atoms with E-state index in [-0.39, 0.29) is 22.7 Å². The number of amides is 1. The highest BCUT2D eigenvalue weighted by Crippen LogP contribution is 2.27. The minimum atomic E-state index is -3.95. The van der Waals surface area contributed by atoms with Crippen molar-refractivity contribution in [3.05, 3.63) is 72.8 Å². The SMILES string of the molecule is C=CCN(c1ccccc1C(=O)NCC(=O)[O-])S(=O)(=O)c1ccccc1. The molecule has 2 rings (SSSR count). The third-order valence-electron chi connectivity index (χ3n) is 3.44. The Morgan fingerprint density at radius 3 is 2.31 bits per heavy atom. The Bertz CT molecular complexity index is 910. The minimum Gasteiger partial charge on any atom is -0.548 e. The van der Waals surface area contributed by atoms with Gasteiger partial charge in [-0.15, -0.1) is 6.58 Å². The zero-order chi connectivity index (χ0) is 19.2. The molecule has 0 bridgehead atoms. The molecule has 136 valence electrons. The molecule has 2 aromatic carbocycles. The number of carboxylic acid groups (broad SMARTS) is 1. The van der Waals surface area contributed by atoms with Crippen LogP contribution in [0.25, 0.3) is 0 Å². The van der Waals surface area contributed by atoms with Crippen molar-refractivity contribution in [2.24, 2.45) is 0 Å². The molecular formula is C18H17N2O5S-. The highest BCUT2D eigenvalue weighted by Gasteiger charge is 2.27. The molecule has 0 aliphatic heterocycles. The van der Waals surface area contributed by atoms with E-state index in [0.29, 0.717) is 0 Å². The Balaban J connectivity index is 2.50. The molecule has 0 saturated heterocycles. The Morgan fingerprint density at radius 2 is 1.69 bits per heavy atom. The lowest BCUT2D eigenvalue weighted by molar-refractivity contribution is -0.303. The molecule has 0 atom stereocenters. The quantitative estimate of drug-likeness (QED) is 0.680. The maximum atomic E-state index is 13.0. The number of nitrogens with one attached hydrogen (secondary N) is 1. The largest absolute Gasteiger partial charge is 0.548 e. The second-order valence-corrected chi connectivity index (χ2v) is 7.07. The van der Waals surface area contributed by atoms with E-state index in [1.165, 1.54) is 30.3 Å². The zero-order valence-electron chi connectivity index (χ0n) is 13.8. The van der Waals surface area contributed by atoms with Gasteiger partial charge in [-0.2, -0.15) is 0 Å². The first-order valence-corrected chi connectivity index (χ1v) is 9.07. The molecule has 7 nitrogen and oxygen atoms in total. The number of para-hydroxylation sites is 1. The van der Waals surface area contributed by atoms with Gasteiger partial charge in [0.1, 0.15) is 0 Å². The maximum absolute atomic E-state index is 13.0. The van der Waals surface area contributed by atoms with Gasteiger partial charge in [0.15, 0.2) is 0 Å². The molecule has 0 aliphatic carbocycles. The first kappa shape index (κ1) is 19.2. The van der Waals surface area contributed by atoms with Crippen LogP contribution < -0.4 is 14.7 Å². The maximum Gasteiger partial charge on any atom is 0.264 e. The first-order valence-electron chi connectivity index (χ1n) is 7.63. The second-order valence-electron chi connectivity index (χ2n) is 5.21. The third kappa shape index (κ3) is 4.28. The molecule has 1 amide bonds. The fourth-order valence-electron chi connectivity index (χ4n) is 2.29. The fraction of sp³-hybridized carbons (Fsp3) is 0.111. The van der Waals surface area contributed by atoms with Crippen molar-refractivity contribution in [3.8, 4) is 0 Å². The number of carboxylic acids is 1. The summed E-state index contributed by atoms with van der Waals surface area (Å²) in [5.41, 5.74) is 0.141. The summed E-state index contributed by atoms with van der Waals surface area (Å²) in [5.74, 6) is -2.17. The summed E-state index contributed by atoms with van der Waals surface area (Å²) in [6.45, 7) is 2.83. The van der Waals surface area contributed by atoms with Gasteiger partial charge in [0.05, 0.1) is 35.2 Å². The van der Waals surface area contributed by atoms with E-state index in [9.17, 15) is 23.1 Å². The van der Waals surface area contributed by atoms with Crippen molar-refractivity contribution in [3.63, 3.8) is 0 Å². The normalized spacial score (nSPS) is 10.8. The predicted octanol–water partition coefficient (Wildman–Crippen LogP) is 0.548. The number of hydrogen-bond acceptors (Lipinski definition) is 5. The number of rotatable bonds is 8. The Hall–Kier alpha value is -3.13. The number of aliphatic carboxylic acids is 1. The van der Waals surface area contributed by atoms with Gasteiger partial charge in [-0.25, -0.2) is 8.42 Å². The van der Waals surface area contributed by atoms with Crippen molar-refractivity contribution in [1.82, 2.24) is 5.32 Å². The summed E-state index contributed by atoms with van der Waals surface area (Å²) < 4.78 is 27.1. The summed E-state index contributed by atoms with van der Waals surface area (Å²) in [6.07, 6.45) is 1.40. The summed E-state index contributed by atoms with van der Waals surface area (Å²) in [7, 11) is -3.95. The van der Waals surface area contributed by atoms with E-state index in [0.717, 1.165) is 4.31 Å². The van der Waals surface area contributed by atoms with Crippen molar-refractivity contribution in [2.75, 3.05) is 17.4 Å². The monoisotopic (exact) mass is 373 g/mol. The van der Waals surface area contributed by atoms with Gasteiger partial charge in [0.2, 0.25) is 0 Å². The van der Waals surface area contributed by atoms with E-state index in [2.05, 4.69) is 11.9 Å². The second kappa shape index (κ2) is 8.30. The third-order valence-corrected chi connectivity index (χ3v) is 5.23. The molecule has 2 aromatic rings. The molecule has 0 spiro atoms. The van der Waals surface area contributed by atoms with Crippen LogP contribution in [0, 0.1) is 0 Å². The lowest BCUT2D eigenvalue weighted by atomic mass is 10.1. The number of hydrogen-bond donors (Lipinski definition) is 1. The van der Waals surface area contributed by atoms with Crippen LogP contribution in [0.5, 0.6) is 0 Å². The fourth-order valence-corrected chi connectivity index (χ4v) is 3.77. The van der Waals surface area contributed by atoms with Gasteiger partial charge in [-0.1, -0.05) is 36.4 Å². The number of carbonyl (C=O) groups is 2. The van der Waals surface area contributed by atoms with Gasteiger partial charge < -0.3 is 15.2 Å². The molecular weight excluding hydrogens is 356 g/mol. The number of nitrogens with zero attached hydrogens (tertiary/aromatic N) is 1. The van der Waals surface area contributed by atoms with Crippen molar-refractivity contribution in [1.29, 1.82) is 0 Å². The Labute approximate surface area is 151 Å². The molecule has 0 heterocycles. The van der Waals surface area contributed by atoms with Crippen LogP contribution in [0.15, 0.2) is 72.1 Å². The van der Waals surface area contributed by atoms with Crippen LogP contribution in [-0.2, 0) is 14.8 Å². The van der Waals surface area contributed by atoms with E-state index < -0.39 is 28.4 Å². The van der Waals surface area contributed by atoms with Crippen LogP contribution in [0.1, 0.15) is 10.4 Å². The minimum absolute atomic E-state index is 0.0232. The first-order chi connectivity index (χ1) is 12.4. The molecule has 0 saturated carbocycles. The summed E-state index contributed by atoms with van der Waals surface area (Å²) in [5, 5.41) is 12.7. The van der Waals surface area contributed by atoms with Gasteiger partial charge >= 0.3 is 0 Å².